The maximum atomic E-state index is 13.6. The summed E-state index contributed by atoms with van der Waals surface area (Å²) in [6.07, 6.45) is 0. The lowest BCUT2D eigenvalue weighted by Crippen LogP contribution is -2.31. The molecule has 1 amide bonds. The fourth-order valence-electron chi connectivity index (χ4n) is 4.21. The summed E-state index contributed by atoms with van der Waals surface area (Å²) in [5.41, 5.74) is 5.91. The van der Waals surface area contributed by atoms with Gasteiger partial charge in [-0.05, 0) is 83.8 Å². The van der Waals surface area contributed by atoms with E-state index in [-0.39, 0.29) is 5.91 Å². The van der Waals surface area contributed by atoms with E-state index in [9.17, 15) is 4.79 Å². The van der Waals surface area contributed by atoms with Crippen LogP contribution in [0.15, 0.2) is 78.0 Å². The molecule has 1 aliphatic rings. The molecule has 2 N–H and O–H groups in total. The number of nitrogens with zero attached hydrogens (tertiary/aromatic N) is 4. The van der Waals surface area contributed by atoms with Crippen molar-refractivity contribution in [2.45, 2.75) is 33.4 Å². The van der Waals surface area contributed by atoms with E-state index in [0.717, 1.165) is 27.9 Å². The van der Waals surface area contributed by atoms with Crippen LogP contribution in [0.2, 0.25) is 5.02 Å². The van der Waals surface area contributed by atoms with Gasteiger partial charge in [-0.2, -0.15) is 4.68 Å². The second-order valence-electron chi connectivity index (χ2n) is 8.70. The number of amides is 1. The molecule has 3 aromatic carbocycles. The topological polar surface area (TPSA) is 94.0 Å². The van der Waals surface area contributed by atoms with Crippen molar-refractivity contribution in [3.63, 3.8) is 0 Å². The van der Waals surface area contributed by atoms with Crippen molar-refractivity contribution in [2.75, 3.05) is 10.6 Å². The van der Waals surface area contributed by atoms with Gasteiger partial charge in [0, 0.05) is 16.4 Å². The lowest BCUT2D eigenvalue weighted by molar-refractivity contribution is -0.113. The molecule has 0 fully saturated rings. The Morgan fingerprint density at radius 2 is 1.86 bits per heavy atom. The van der Waals surface area contributed by atoms with E-state index < -0.39 is 6.04 Å². The Hall–Kier alpha value is -4.17. The van der Waals surface area contributed by atoms with Crippen LogP contribution in [0, 0.1) is 13.8 Å². The minimum atomic E-state index is -0.541. The van der Waals surface area contributed by atoms with Crippen LogP contribution in [0.25, 0.3) is 0 Å². The van der Waals surface area contributed by atoms with Crippen LogP contribution in [0.5, 0.6) is 5.75 Å². The average molecular weight is 501 g/mol. The summed E-state index contributed by atoms with van der Waals surface area (Å²) in [6, 6.07) is 20.4. The van der Waals surface area contributed by atoms with Crippen molar-refractivity contribution >= 4 is 29.1 Å². The zero-order chi connectivity index (χ0) is 25.2. The number of allylic oxidation sites excluding steroid dienone is 1. The molecule has 0 saturated carbocycles. The molecule has 4 aromatic rings. The zero-order valence-electron chi connectivity index (χ0n) is 20.1. The maximum Gasteiger partial charge on any atom is 0.255 e. The summed E-state index contributed by atoms with van der Waals surface area (Å²) < 4.78 is 7.66. The third kappa shape index (κ3) is 4.67. The number of carbonyl (C=O) groups is 1. The van der Waals surface area contributed by atoms with Crippen LogP contribution in [0.3, 0.4) is 0 Å². The second-order valence-corrected chi connectivity index (χ2v) is 9.14. The van der Waals surface area contributed by atoms with E-state index in [1.165, 1.54) is 0 Å². The maximum absolute atomic E-state index is 13.6. The molecule has 9 heteroatoms. The molecule has 5 rings (SSSR count). The van der Waals surface area contributed by atoms with E-state index in [1.807, 2.05) is 87.5 Å². The van der Waals surface area contributed by atoms with E-state index in [0.29, 0.717) is 34.6 Å². The first-order valence-electron chi connectivity index (χ1n) is 11.5. The summed E-state index contributed by atoms with van der Waals surface area (Å²) in [7, 11) is 0. The number of hydrogen-bond acceptors (Lipinski definition) is 6. The highest BCUT2D eigenvalue weighted by atomic mass is 35.5. The van der Waals surface area contributed by atoms with Crippen LogP contribution in [-0.4, -0.2) is 26.1 Å². The standard InChI is InChI=1S/C27H25ClN6O2/c1-16-6-4-9-23(17(16)2)30-26(35)24-18(3)29-27-31-32-33-34(27)25(24)20-7-5-8-22(14-20)36-15-19-10-12-21(28)13-11-19/h4-14,25H,15H2,1-3H3,(H,30,35)(H,29,31,33). The molecule has 0 bridgehead atoms. The number of anilines is 2. The predicted octanol–water partition coefficient (Wildman–Crippen LogP) is 5.45. The smallest absolute Gasteiger partial charge is 0.255 e. The number of rotatable bonds is 6. The van der Waals surface area contributed by atoms with E-state index in [4.69, 9.17) is 16.3 Å². The number of hydrogen-bond donors (Lipinski definition) is 2. The van der Waals surface area contributed by atoms with Gasteiger partial charge in [-0.25, -0.2) is 0 Å². The molecule has 1 aliphatic heterocycles. The monoisotopic (exact) mass is 500 g/mol. The number of carbonyl (C=O) groups excluding carboxylic acids is 1. The average Bonchev–Trinajstić information content (AvgIpc) is 3.34. The van der Waals surface area contributed by atoms with Crippen LogP contribution in [-0.2, 0) is 11.4 Å². The highest BCUT2D eigenvalue weighted by Gasteiger charge is 2.34. The minimum absolute atomic E-state index is 0.229. The van der Waals surface area contributed by atoms with Crippen molar-refractivity contribution in [3.8, 4) is 5.75 Å². The van der Waals surface area contributed by atoms with Crippen LogP contribution in [0.4, 0.5) is 11.6 Å². The Kier molecular flexibility index (Phi) is 6.43. The molecule has 0 spiro atoms. The molecule has 0 saturated heterocycles. The summed E-state index contributed by atoms with van der Waals surface area (Å²) >= 11 is 5.98. The van der Waals surface area contributed by atoms with Gasteiger partial charge < -0.3 is 15.4 Å². The van der Waals surface area contributed by atoms with Gasteiger partial charge in [-0.3, -0.25) is 4.79 Å². The number of aryl methyl sites for hydroxylation is 1. The zero-order valence-corrected chi connectivity index (χ0v) is 20.9. The Morgan fingerprint density at radius 3 is 2.67 bits per heavy atom. The van der Waals surface area contributed by atoms with Gasteiger partial charge in [0.15, 0.2) is 0 Å². The molecular formula is C27H25ClN6O2. The van der Waals surface area contributed by atoms with Gasteiger partial charge >= 0.3 is 0 Å². The minimum Gasteiger partial charge on any atom is -0.489 e. The van der Waals surface area contributed by atoms with Gasteiger partial charge in [0.2, 0.25) is 5.95 Å². The Balaban J connectivity index is 1.47. The molecule has 1 atom stereocenters. The third-order valence-corrected chi connectivity index (χ3v) is 6.56. The molecule has 0 aliphatic carbocycles. The number of tetrazole rings is 1. The van der Waals surface area contributed by atoms with E-state index in [1.54, 1.807) is 4.68 Å². The molecule has 36 heavy (non-hydrogen) atoms. The number of fused-ring (bicyclic) bond motifs is 1. The number of benzene rings is 3. The highest BCUT2D eigenvalue weighted by molar-refractivity contribution is 6.30. The summed E-state index contributed by atoms with van der Waals surface area (Å²) in [4.78, 5) is 13.6. The lowest BCUT2D eigenvalue weighted by Gasteiger charge is -2.28. The van der Waals surface area contributed by atoms with Gasteiger partial charge in [0.1, 0.15) is 18.4 Å². The predicted molar refractivity (Wildman–Crippen MR) is 139 cm³/mol. The molecule has 8 nitrogen and oxygen atoms in total. The second kappa shape index (κ2) is 9.83. The molecule has 1 unspecified atom stereocenters. The fraction of sp³-hybridized carbons (Fsp3) is 0.185. The first-order chi connectivity index (χ1) is 17.4. The van der Waals surface area contributed by atoms with Crippen molar-refractivity contribution in [3.05, 3.63) is 105 Å². The quantitative estimate of drug-likeness (QED) is 0.365. The number of nitrogens with one attached hydrogen (secondary N) is 2. The number of halogens is 1. The molecular weight excluding hydrogens is 476 g/mol. The number of aromatic nitrogens is 4. The SMILES string of the molecule is CC1=C(C(=O)Nc2cccc(C)c2C)C(c2cccc(OCc3ccc(Cl)cc3)c2)n2nnnc2N1. The van der Waals surface area contributed by atoms with Crippen molar-refractivity contribution in [1.82, 2.24) is 20.2 Å². The van der Waals surface area contributed by atoms with Crippen molar-refractivity contribution in [1.29, 1.82) is 0 Å². The molecule has 0 radical (unpaired) electrons. The molecule has 2 heterocycles. The van der Waals surface area contributed by atoms with Gasteiger partial charge in [0.05, 0.1) is 5.57 Å². The van der Waals surface area contributed by atoms with E-state index in [2.05, 4.69) is 26.2 Å². The van der Waals surface area contributed by atoms with Gasteiger partial charge in [-0.15, -0.1) is 0 Å². The van der Waals surface area contributed by atoms with Crippen molar-refractivity contribution < 1.29 is 9.53 Å². The Labute approximate surface area is 213 Å². The van der Waals surface area contributed by atoms with E-state index >= 15 is 0 Å². The van der Waals surface area contributed by atoms with Crippen LogP contribution in [0.1, 0.15) is 35.2 Å². The Bertz CT molecular complexity index is 1460. The highest BCUT2D eigenvalue weighted by Crippen LogP contribution is 2.36. The largest absolute Gasteiger partial charge is 0.489 e. The van der Waals surface area contributed by atoms with Crippen LogP contribution < -0.4 is 15.4 Å². The molecule has 182 valence electrons. The normalized spacial score (nSPS) is 14.7. The molecule has 1 aromatic heterocycles. The first kappa shape index (κ1) is 23.6. The summed E-state index contributed by atoms with van der Waals surface area (Å²) in [5, 5.41) is 19.0. The summed E-state index contributed by atoms with van der Waals surface area (Å²) in [6.45, 7) is 6.25. The third-order valence-electron chi connectivity index (χ3n) is 6.30. The Morgan fingerprint density at radius 1 is 1.08 bits per heavy atom. The van der Waals surface area contributed by atoms with Gasteiger partial charge in [0.25, 0.3) is 5.91 Å². The first-order valence-corrected chi connectivity index (χ1v) is 11.9. The summed E-state index contributed by atoms with van der Waals surface area (Å²) in [5.74, 6) is 0.906. The lowest BCUT2D eigenvalue weighted by atomic mass is 9.94. The fourth-order valence-corrected chi connectivity index (χ4v) is 4.34. The van der Waals surface area contributed by atoms with Crippen LogP contribution >= 0.6 is 11.6 Å². The van der Waals surface area contributed by atoms with Gasteiger partial charge in [-0.1, -0.05) is 53.1 Å². The number of ether oxygens (including phenoxy) is 1. The van der Waals surface area contributed by atoms with Crippen molar-refractivity contribution in [2.24, 2.45) is 0 Å².